The zero-order chi connectivity index (χ0) is 21.0. The van der Waals surface area contributed by atoms with E-state index in [1.807, 2.05) is 0 Å². The van der Waals surface area contributed by atoms with E-state index in [2.05, 4.69) is 5.32 Å². The highest BCUT2D eigenvalue weighted by Gasteiger charge is 2.31. The van der Waals surface area contributed by atoms with E-state index >= 15 is 0 Å². The van der Waals surface area contributed by atoms with E-state index in [0.717, 1.165) is 37.8 Å². The molecule has 0 spiro atoms. The molecule has 0 heterocycles. The Bertz CT molecular complexity index is 812. The first-order valence-electron chi connectivity index (χ1n) is 9.64. The van der Waals surface area contributed by atoms with Crippen molar-refractivity contribution in [3.63, 3.8) is 0 Å². The van der Waals surface area contributed by atoms with Gasteiger partial charge < -0.3 is 10.4 Å². The first-order chi connectivity index (χ1) is 13.7. The lowest BCUT2D eigenvalue weighted by molar-refractivity contribution is -0.137. The molecule has 0 aliphatic heterocycles. The normalized spacial score (nSPS) is 17.1. The largest absolute Gasteiger partial charge is 0.416 e. The van der Waals surface area contributed by atoms with Crippen molar-refractivity contribution in [1.82, 2.24) is 5.32 Å². The lowest BCUT2D eigenvalue weighted by Gasteiger charge is -2.26. The predicted molar refractivity (Wildman–Crippen MR) is 100 cm³/mol. The smallest absolute Gasteiger partial charge is 0.386 e. The number of halogens is 4. The molecule has 0 saturated heterocycles. The second-order valence-corrected chi connectivity index (χ2v) is 7.49. The molecule has 156 valence electrons. The van der Waals surface area contributed by atoms with E-state index in [1.54, 1.807) is 0 Å². The van der Waals surface area contributed by atoms with E-state index in [4.69, 9.17) is 0 Å². The molecular formula is C22H23F4NO2. The molecule has 1 saturated carbocycles. The number of aliphatic hydroxyl groups is 1. The van der Waals surface area contributed by atoms with Gasteiger partial charge in [0, 0.05) is 5.92 Å². The maximum Gasteiger partial charge on any atom is 0.416 e. The number of rotatable bonds is 6. The van der Waals surface area contributed by atoms with Gasteiger partial charge in [0.2, 0.25) is 5.91 Å². The Morgan fingerprint density at radius 3 is 2.17 bits per heavy atom. The fraction of sp³-hybridized carbons (Fsp3) is 0.409. The Balaban J connectivity index is 1.79. The average molecular weight is 409 g/mol. The Labute approximate surface area is 166 Å². The summed E-state index contributed by atoms with van der Waals surface area (Å²) in [6, 6.07) is 9.20. The number of amides is 1. The molecule has 2 N–H and O–H groups in total. The second kappa shape index (κ2) is 8.95. The number of carbonyl (C=O) groups is 1. The maximum atomic E-state index is 13.2. The van der Waals surface area contributed by atoms with Crippen LogP contribution in [0.1, 0.15) is 48.5 Å². The summed E-state index contributed by atoms with van der Waals surface area (Å²) in [7, 11) is 0. The number of carbonyl (C=O) groups excluding carboxylic acids is 1. The fourth-order valence-electron chi connectivity index (χ4n) is 3.71. The lowest BCUT2D eigenvalue weighted by Crippen LogP contribution is -2.43. The minimum absolute atomic E-state index is 0.120. The Kier molecular flexibility index (Phi) is 6.57. The fourth-order valence-corrected chi connectivity index (χ4v) is 3.71. The number of hydrogen-bond donors (Lipinski definition) is 2. The van der Waals surface area contributed by atoms with Crippen LogP contribution >= 0.6 is 0 Å². The van der Waals surface area contributed by atoms with Crippen molar-refractivity contribution < 1.29 is 27.5 Å². The molecule has 0 bridgehead atoms. The topological polar surface area (TPSA) is 49.3 Å². The highest BCUT2D eigenvalue weighted by atomic mass is 19.4. The molecule has 1 aliphatic rings. The third-order valence-electron chi connectivity index (χ3n) is 5.38. The van der Waals surface area contributed by atoms with Crippen molar-refractivity contribution in [2.75, 3.05) is 0 Å². The van der Waals surface area contributed by atoms with Gasteiger partial charge in [-0.25, -0.2) is 4.39 Å². The third-order valence-corrected chi connectivity index (χ3v) is 5.38. The van der Waals surface area contributed by atoms with E-state index in [0.29, 0.717) is 11.1 Å². The molecule has 1 aliphatic carbocycles. The van der Waals surface area contributed by atoms with Crippen molar-refractivity contribution in [3.05, 3.63) is 71.0 Å². The monoisotopic (exact) mass is 409 g/mol. The van der Waals surface area contributed by atoms with Crippen LogP contribution in [0.4, 0.5) is 17.6 Å². The second-order valence-electron chi connectivity index (χ2n) is 7.49. The number of benzene rings is 2. The number of hydrogen-bond acceptors (Lipinski definition) is 2. The summed E-state index contributed by atoms with van der Waals surface area (Å²) >= 11 is 0. The standard InChI is InChI=1S/C22H23F4NO2/c23-18-11-7-15(8-12-18)20(28)19(27-21(29)16-3-1-2-4-16)13-14-5-9-17(10-6-14)22(24,25)26/h5-12,16,19-20,28H,1-4,13H2,(H,27,29). The van der Waals surface area contributed by atoms with Crippen LogP contribution in [0, 0.1) is 11.7 Å². The SMILES string of the molecule is O=C(NC(Cc1ccc(C(F)(F)F)cc1)C(O)c1ccc(F)cc1)C1CCCC1. The Morgan fingerprint density at radius 1 is 1.03 bits per heavy atom. The number of aliphatic hydroxyl groups excluding tert-OH is 1. The van der Waals surface area contributed by atoms with Crippen LogP contribution in [-0.4, -0.2) is 17.1 Å². The average Bonchev–Trinajstić information content (AvgIpc) is 3.22. The highest BCUT2D eigenvalue weighted by Crippen LogP contribution is 2.30. The van der Waals surface area contributed by atoms with Gasteiger partial charge in [-0.3, -0.25) is 4.79 Å². The molecule has 2 unspecified atom stereocenters. The summed E-state index contributed by atoms with van der Waals surface area (Å²) in [6.07, 6.45) is -1.89. The minimum Gasteiger partial charge on any atom is -0.386 e. The van der Waals surface area contributed by atoms with Crippen molar-refractivity contribution >= 4 is 5.91 Å². The molecule has 0 aromatic heterocycles. The first kappa shape index (κ1) is 21.3. The zero-order valence-electron chi connectivity index (χ0n) is 15.8. The van der Waals surface area contributed by atoms with Crippen molar-refractivity contribution in [1.29, 1.82) is 0 Å². The van der Waals surface area contributed by atoms with Crippen molar-refractivity contribution in [2.24, 2.45) is 5.92 Å². The van der Waals surface area contributed by atoms with Crippen LogP contribution in [0.3, 0.4) is 0 Å². The minimum atomic E-state index is -4.43. The molecule has 2 aromatic rings. The molecule has 3 nitrogen and oxygen atoms in total. The summed E-state index contributed by atoms with van der Waals surface area (Å²) in [5, 5.41) is 13.7. The third kappa shape index (κ3) is 5.56. The van der Waals surface area contributed by atoms with Crippen LogP contribution in [0.15, 0.2) is 48.5 Å². The van der Waals surface area contributed by atoms with Crippen LogP contribution in [0.2, 0.25) is 0 Å². The molecule has 7 heteroatoms. The van der Waals surface area contributed by atoms with Crippen LogP contribution in [-0.2, 0) is 17.4 Å². The number of alkyl halides is 3. The van der Waals surface area contributed by atoms with Crippen LogP contribution < -0.4 is 5.32 Å². The summed E-state index contributed by atoms with van der Waals surface area (Å²) in [5.41, 5.74) is 0.220. The van der Waals surface area contributed by atoms with Crippen LogP contribution in [0.25, 0.3) is 0 Å². The van der Waals surface area contributed by atoms with Gasteiger partial charge in [0.1, 0.15) is 5.82 Å². The Morgan fingerprint density at radius 2 is 1.62 bits per heavy atom. The van der Waals surface area contributed by atoms with E-state index in [-0.39, 0.29) is 18.2 Å². The van der Waals surface area contributed by atoms with Gasteiger partial charge in [-0.1, -0.05) is 37.1 Å². The van der Waals surface area contributed by atoms with Crippen molar-refractivity contribution in [3.8, 4) is 0 Å². The van der Waals surface area contributed by atoms with Gasteiger partial charge in [0.05, 0.1) is 17.7 Å². The Hall–Kier alpha value is -2.41. The van der Waals surface area contributed by atoms with Gasteiger partial charge in [-0.2, -0.15) is 13.2 Å². The molecule has 2 atom stereocenters. The molecular weight excluding hydrogens is 386 g/mol. The summed E-state index contributed by atoms with van der Waals surface area (Å²) in [4.78, 5) is 12.6. The molecule has 2 aromatic carbocycles. The van der Waals surface area contributed by atoms with Gasteiger partial charge >= 0.3 is 6.18 Å². The number of nitrogens with one attached hydrogen (secondary N) is 1. The molecule has 29 heavy (non-hydrogen) atoms. The molecule has 0 radical (unpaired) electrons. The summed E-state index contributed by atoms with van der Waals surface area (Å²) in [6.45, 7) is 0. The van der Waals surface area contributed by atoms with Gasteiger partial charge in [-0.05, 0) is 54.7 Å². The zero-order valence-corrected chi connectivity index (χ0v) is 15.8. The summed E-state index contributed by atoms with van der Waals surface area (Å²) < 4.78 is 51.5. The summed E-state index contributed by atoms with van der Waals surface area (Å²) in [5.74, 6) is -0.735. The maximum absolute atomic E-state index is 13.2. The van der Waals surface area contributed by atoms with E-state index in [9.17, 15) is 27.5 Å². The highest BCUT2D eigenvalue weighted by molar-refractivity contribution is 5.79. The van der Waals surface area contributed by atoms with E-state index < -0.39 is 29.7 Å². The van der Waals surface area contributed by atoms with Gasteiger partial charge in [0.25, 0.3) is 0 Å². The quantitative estimate of drug-likeness (QED) is 0.674. The molecule has 1 amide bonds. The molecule has 1 fully saturated rings. The van der Waals surface area contributed by atoms with Gasteiger partial charge in [0.15, 0.2) is 0 Å². The first-order valence-corrected chi connectivity index (χ1v) is 9.64. The molecule has 3 rings (SSSR count). The lowest BCUT2D eigenvalue weighted by atomic mass is 9.94. The van der Waals surface area contributed by atoms with E-state index in [1.165, 1.54) is 36.4 Å². The van der Waals surface area contributed by atoms with Crippen molar-refractivity contribution in [2.45, 2.75) is 50.4 Å². The van der Waals surface area contributed by atoms with Gasteiger partial charge in [-0.15, -0.1) is 0 Å². The predicted octanol–water partition coefficient (Wildman–Crippen LogP) is 4.80. The van der Waals surface area contributed by atoms with Crippen LogP contribution in [0.5, 0.6) is 0 Å².